The standard InChI is InChI=1S/C43H25N5OS.C33H17N3O3.C31H17N3OS/c1-4-13-26(14-5-1)36-39-37(32-23-24-34-35(38(32)50-39)31-21-10-11-22-33(31)49-34)45-42(44-36)29-19-12-20-30(25-29)43-47-40(27-15-6-2-7-16-27)46-41(48-43)28-17-8-3-9-18-28;1-2-7-18(8-3-1)28-32-29(21-13-14-26-27(31(21)39-32)20-9-4-5-12-24(20)37-26)36-33(35-28)22-11-6-10-19-23-17-34-16-15-25(23)38-30(19)22;1-2-8-18(9-3-1)27-30-28(34-31(33-27)23-17-32-16-19-10-4-5-11-20(19)23)22-14-15-25-26(29(22)35-30)21-12-6-7-13-24(21)36-25/h1-25H;1-17H;1-17H. The second-order valence-corrected chi connectivity index (χ2v) is 32.7. The van der Waals surface area contributed by atoms with Crippen molar-refractivity contribution in [1.82, 2.24) is 54.8 Å². The van der Waals surface area contributed by atoms with Crippen LogP contribution in [-0.2, 0) is 0 Å². The molecule has 0 N–H and O–H groups in total. The predicted octanol–water partition coefficient (Wildman–Crippen LogP) is 28.8. The number of rotatable bonds is 9. The molecule has 16 nitrogen and oxygen atoms in total. The van der Waals surface area contributed by atoms with Gasteiger partial charge in [-0.2, -0.15) is 0 Å². The first-order chi connectivity index (χ1) is 61.9. The van der Waals surface area contributed by atoms with Crippen LogP contribution < -0.4 is 0 Å². The van der Waals surface area contributed by atoms with Gasteiger partial charge in [-0.15, -0.1) is 22.7 Å². The van der Waals surface area contributed by atoms with E-state index in [0.717, 1.165) is 202 Å². The van der Waals surface area contributed by atoms with Crippen molar-refractivity contribution in [3.05, 3.63) is 358 Å². The maximum atomic E-state index is 6.66. The van der Waals surface area contributed by atoms with Gasteiger partial charge >= 0.3 is 0 Å². The molecule has 0 bridgehead atoms. The van der Waals surface area contributed by atoms with Gasteiger partial charge in [-0.25, -0.2) is 44.9 Å². The molecule has 0 amide bonds. The second-order valence-electron chi connectivity index (χ2n) is 30.5. The molecule has 13 heterocycles. The lowest BCUT2D eigenvalue weighted by atomic mass is 10.1. The zero-order chi connectivity index (χ0) is 82.2. The third kappa shape index (κ3) is 12.0. The highest BCUT2D eigenvalue weighted by Gasteiger charge is 2.28. The van der Waals surface area contributed by atoms with Gasteiger partial charge in [0.25, 0.3) is 0 Å². The lowest BCUT2D eigenvalue weighted by molar-refractivity contribution is 0.661. The van der Waals surface area contributed by atoms with Gasteiger partial charge in [0.2, 0.25) is 0 Å². The molecule has 584 valence electrons. The highest BCUT2D eigenvalue weighted by atomic mass is 32.1. The summed E-state index contributed by atoms with van der Waals surface area (Å²) < 4.78 is 36.6. The van der Waals surface area contributed by atoms with Gasteiger partial charge in [0.05, 0.1) is 26.9 Å². The summed E-state index contributed by atoms with van der Waals surface area (Å²) in [5.41, 5.74) is 21.0. The molecule has 27 rings (SSSR count). The minimum Gasteiger partial charge on any atom is -0.456 e. The Labute approximate surface area is 716 Å². The van der Waals surface area contributed by atoms with E-state index < -0.39 is 0 Å². The van der Waals surface area contributed by atoms with Crippen molar-refractivity contribution in [1.29, 1.82) is 0 Å². The number of hydrogen-bond acceptors (Lipinski definition) is 18. The summed E-state index contributed by atoms with van der Waals surface area (Å²) in [6.07, 6.45) is 7.29. The number of fused-ring (bicyclic) bond motifs is 25. The predicted molar refractivity (Wildman–Crippen MR) is 504 cm³/mol. The van der Waals surface area contributed by atoms with E-state index in [4.69, 9.17) is 66.9 Å². The van der Waals surface area contributed by atoms with Gasteiger partial charge in [-0.05, 0) is 78.2 Å². The number of nitrogens with zero attached hydrogens (tertiary/aromatic N) is 11. The Morgan fingerprint density at radius 3 is 1.33 bits per heavy atom. The molecule has 125 heavy (non-hydrogen) atoms. The summed E-state index contributed by atoms with van der Waals surface area (Å²) in [4.78, 5) is 54.4. The van der Waals surface area contributed by atoms with Crippen LogP contribution in [0.3, 0.4) is 0 Å². The molecule has 0 radical (unpaired) electrons. The number of para-hydroxylation sites is 3. The van der Waals surface area contributed by atoms with Crippen LogP contribution in [0.15, 0.2) is 381 Å². The summed E-state index contributed by atoms with van der Waals surface area (Å²) >= 11 is 3.51. The van der Waals surface area contributed by atoms with Crippen LogP contribution in [0.1, 0.15) is 0 Å². The normalized spacial score (nSPS) is 11.8. The van der Waals surface area contributed by atoms with Crippen molar-refractivity contribution in [3.63, 3.8) is 0 Å². The molecule has 0 aliphatic heterocycles. The molecule has 0 saturated carbocycles. The Hall–Kier alpha value is -16.7. The SMILES string of the molecule is c1ccc(-c2nc(-c3cccc4c3oc3ccncc34)nc3c2oc2c3ccc3oc4ccccc4c32)cc1.c1ccc(-c2nc(-c3ccccc3)nc(-c3cccc(-c4nc(-c5ccccc5)c5sc6c(ccc7oc8ccccc8c76)c5n4)c3)n2)cc1.c1ccc(-c2nc(-c3cncc4ccccc34)nc3c2oc2c3ccc3sc4ccccc4c32)cc1. The van der Waals surface area contributed by atoms with Crippen molar-refractivity contribution >= 4 is 184 Å². The molecule has 18 heteroatoms. The minimum absolute atomic E-state index is 0.568. The van der Waals surface area contributed by atoms with Gasteiger partial charge in [0, 0.05) is 143 Å². The van der Waals surface area contributed by atoms with Crippen molar-refractivity contribution in [2.75, 3.05) is 0 Å². The molecular formula is C107H59N11O5S2. The largest absolute Gasteiger partial charge is 0.456 e. The van der Waals surface area contributed by atoms with Crippen molar-refractivity contribution < 1.29 is 22.1 Å². The lowest BCUT2D eigenvalue weighted by Crippen LogP contribution is -2.00. The fourth-order valence-electron chi connectivity index (χ4n) is 17.3. The van der Waals surface area contributed by atoms with Gasteiger partial charge in [0.15, 0.2) is 46.1 Å². The van der Waals surface area contributed by atoms with Crippen molar-refractivity contribution in [2.45, 2.75) is 0 Å². The second kappa shape index (κ2) is 29.1. The number of furan rings is 5. The molecular weight excluding hydrogens is 1580 g/mol. The Morgan fingerprint density at radius 1 is 0.208 bits per heavy atom. The number of thiophene rings is 2. The van der Waals surface area contributed by atoms with Gasteiger partial charge in [-0.3, -0.25) is 9.97 Å². The summed E-state index contributed by atoms with van der Waals surface area (Å²) in [5.74, 6) is 3.66. The van der Waals surface area contributed by atoms with Crippen LogP contribution in [0.2, 0.25) is 0 Å². The Bertz CT molecular complexity index is 8960. The summed E-state index contributed by atoms with van der Waals surface area (Å²) in [5, 5.41) is 13.6. The van der Waals surface area contributed by atoms with E-state index >= 15 is 0 Å². The number of pyridine rings is 2. The first-order valence-corrected chi connectivity index (χ1v) is 42.4. The Balaban J connectivity index is 0.000000104. The van der Waals surface area contributed by atoms with Crippen molar-refractivity contribution in [3.8, 4) is 102 Å². The zero-order valence-corrected chi connectivity index (χ0v) is 67.5. The average molecular weight is 1640 g/mol. The van der Waals surface area contributed by atoms with Crippen LogP contribution in [0.5, 0.6) is 0 Å². The molecule has 0 atom stereocenters. The van der Waals surface area contributed by atoms with Crippen molar-refractivity contribution in [2.24, 2.45) is 0 Å². The van der Waals surface area contributed by atoms with Gasteiger partial charge in [-0.1, -0.05) is 261 Å². The highest BCUT2D eigenvalue weighted by Crippen LogP contribution is 2.49. The fourth-order valence-corrected chi connectivity index (χ4v) is 19.7. The molecule has 14 aromatic carbocycles. The fraction of sp³-hybridized carbons (Fsp3) is 0. The molecule has 27 aromatic rings. The molecule has 13 aromatic heterocycles. The molecule has 0 unspecified atom stereocenters. The third-order valence-corrected chi connectivity index (χ3v) is 25.5. The quantitative estimate of drug-likeness (QED) is 0.132. The van der Waals surface area contributed by atoms with E-state index in [2.05, 4.69) is 119 Å². The first-order valence-electron chi connectivity index (χ1n) is 40.8. The maximum absolute atomic E-state index is 6.66. The van der Waals surface area contributed by atoms with E-state index in [1.165, 1.54) is 14.8 Å². The molecule has 0 fully saturated rings. The summed E-state index contributed by atoms with van der Waals surface area (Å²) in [6, 6.07) is 112. The molecule has 0 aliphatic carbocycles. The first kappa shape index (κ1) is 71.3. The van der Waals surface area contributed by atoms with Gasteiger partial charge in [0.1, 0.15) is 67.1 Å². The van der Waals surface area contributed by atoms with E-state index in [1.54, 1.807) is 28.9 Å². The number of aromatic nitrogens is 11. The maximum Gasteiger partial charge on any atom is 0.180 e. The lowest BCUT2D eigenvalue weighted by Gasteiger charge is -2.10. The Kier molecular flexibility index (Phi) is 16.6. The van der Waals surface area contributed by atoms with Crippen LogP contribution in [-0.4, -0.2) is 54.8 Å². The topological polar surface area (TPSA) is 207 Å². The van der Waals surface area contributed by atoms with Crippen LogP contribution in [0, 0.1) is 0 Å². The monoisotopic (exact) mass is 1640 g/mol. The summed E-state index contributed by atoms with van der Waals surface area (Å²) in [6.45, 7) is 0. The third-order valence-electron chi connectivity index (χ3n) is 23.1. The highest BCUT2D eigenvalue weighted by molar-refractivity contribution is 7.27. The van der Waals surface area contributed by atoms with Gasteiger partial charge < -0.3 is 22.1 Å². The number of hydrogen-bond donors (Lipinski definition) is 0. The number of benzene rings is 14. The van der Waals surface area contributed by atoms with E-state index in [-0.39, 0.29) is 0 Å². The van der Waals surface area contributed by atoms with E-state index in [1.807, 2.05) is 243 Å². The smallest absolute Gasteiger partial charge is 0.180 e. The minimum atomic E-state index is 0.568. The Morgan fingerprint density at radius 2 is 0.680 bits per heavy atom. The van der Waals surface area contributed by atoms with E-state index in [9.17, 15) is 0 Å². The average Bonchev–Trinajstić information content (AvgIpc) is 1.66. The van der Waals surface area contributed by atoms with Crippen LogP contribution in [0.25, 0.3) is 263 Å². The van der Waals surface area contributed by atoms with E-state index in [0.29, 0.717) is 46.1 Å². The molecule has 0 aliphatic rings. The van der Waals surface area contributed by atoms with Crippen LogP contribution >= 0.6 is 22.7 Å². The summed E-state index contributed by atoms with van der Waals surface area (Å²) in [7, 11) is 0. The van der Waals surface area contributed by atoms with Crippen LogP contribution in [0.4, 0.5) is 0 Å². The molecule has 0 saturated heterocycles. The zero-order valence-electron chi connectivity index (χ0n) is 65.8. The molecule has 0 spiro atoms.